The first-order valence-electron chi connectivity index (χ1n) is 11.3. The molecule has 1 aliphatic rings. The molecule has 186 valence electrons. The maximum atomic E-state index is 13.3. The highest BCUT2D eigenvalue weighted by Crippen LogP contribution is 2.26. The van der Waals surface area contributed by atoms with E-state index < -0.39 is 10.0 Å². The quantitative estimate of drug-likeness (QED) is 0.345. The number of carbonyl (C=O) groups excluding carboxylic acids is 1. The Hall–Kier alpha value is -2.97. The molecule has 1 fully saturated rings. The summed E-state index contributed by atoms with van der Waals surface area (Å²) in [5, 5.41) is 2.31. The van der Waals surface area contributed by atoms with Crippen LogP contribution in [0.4, 0.5) is 0 Å². The number of piperazine rings is 1. The van der Waals surface area contributed by atoms with E-state index in [9.17, 15) is 13.2 Å². The second-order valence-corrected chi connectivity index (χ2v) is 11.0. The van der Waals surface area contributed by atoms with Gasteiger partial charge in [0.2, 0.25) is 10.0 Å². The Kier molecular flexibility index (Phi) is 7.66. The standard InChI is InChI=1S/C27H24ClN3O3S.ClH/c1-19-16-21(20-8-10-29-11-9-20)4-7-26(19)27(32)30-12-14-31(15-13-30)35(33,34)25-6-3-22-17-24(28)5-2-23(22)18-25;/h2-11,16-18H,12-15H2,1H3;1H. The maximum absolute atomic E-state index is 13.3. The van der Waals surface area contributed by atoms with E-state index in [4.69, 9.17) is 11.6 Å². The minimum atomic E-state index is -3.66. The van der Waals surface area contributed by atoms with E-state index in [0.29, 0.717) is 23.7 Å². The van der Waals surface area contributed by atoms with Crippen LogP contribution in [0.2, 0.25) is 5.02 Å². The van der Waals surface area contributed by atoms with Crippen molar-refractivity contribution in [3.63, 3.8) is 0 Å². The monoisotopic (exact) mass is 541 g/mol. The Balaban J connectivity index is 0.00000304. The highest BCUT2D eigenvalue weighted by atomic mass is 35.5. The van der Waals surface area contributed by atoms with Gasteiger partial charge in [-0.25, -0.2) is 8.42 Å². The van der Waals surface area contributed by atoms with E-state index in [1.165, 1.54) is 4.31 Å². The Morgan fingerprint density at radius 2 is 1.50 bits per heavy atom. The first-order chi connectivity index (χ1) is 16.8. The molecule has 0 radical (unpaired) electrons. The van der Waals surface area contributed by atoms with Gasteiger partial charge in [-0.1, -0.05) is 35.9 Å². The number of amides is 1. The van der Waals surface area contributed by atoms with Gasteiger partial charge in [0.05, 0.1) is 4.90 Å². The van der Waals surface area contributed by atoms with Gasteiger partial charge in [0, 0.05) is 49.2 Å². The zero-order chi connectivity index (χ0) is 24.6. The zero-order valence-electron chi connectivity index (χ0n) is 19.6. The number of benzene rings is 3. The number of rotatable bonds is 4. The van der Waals surface area contributed by atoms with Gasteiger partial charge in [0.1, 0.15) is 0 Å². The van der Waals surface area contributed by atoms with Gasteiger partial charge >= 0.3 is 0 Å². The summed E-state index contributed by atoms with van der Waals surface area (Å²) in [6.45, 7) is 3.10. The van der Waals surface area contributed by atoms with Gasteiger partial charge in [0.25, 0.3) is 5.91 Å². The SMILES string of the molecule is Cc1cc(-c2ccncc2)ccc1C(=O)N1CCN(S(=O)(=O)c2ccc3cc(Cl)ccc3c2)CC1.Cl. The van der Waals surface area contributed by atoms with Crippen molar-refractivity contribution >= 4 is 50.7 Å². The van der Waals surface area contributed by atoms with Crippen LogP contribution in [0.1, 0.15) is 15.9 Å². The normalized spacial score (nSPS) is 14.4. The van der Waals surface area contributed by atoms with Gasteiger partial charge in [-0.05, 0) is 76.9 Å². The van der Waals surface area contributed by atoms with E-state index in [-0.39, 0.29) is 36.3 Å². The summed E-state index contributed by atoms with van der Waals surface area (Å²) in [5.74, 6) is -0.0802. The average molecular weight is 542 g/mol. The Morgan fingerprint density at radius 3 is 2.19 bits per heavy atom. The molecule has 0 atom stereocenters. The second kappa shape index (κ2) is 10.6. The number of hydrogen-bond acceptors (Lipinski definition) is 4. The van der Waals surface area contributed by atoms with Crippen molar-refractivity contribution in [3.05, 3.63) is 95.3 Å². The summed E-state index contributed by atoms with van der Waals surface area (Å²) < 4.78 is 28.0. The van der Waals surface area contributed by atoms with Crippen LogP contribution in [-0.4, -0.2) is 54.7 Å². The maximum Gasteiger partial charge on any atom is 0.254 e. The Labute approximate surface area is 222 Å². The van der Waals surface area contributed by atoms with Gasteiger partial charge in [0.15, 0.2) is 0 Å². The van der Waals surface area contributed by atoms with Gasteiger partial charge in [-0.2, -0.15) is 4.31 Å². The summed E-state index contributed by atoms with van der Waals surface area (Å²) in [6, 6.07) is 20.1. The Morgan fingerprint density at radius 1 is 0.833 bits per heavy atom. The molecule has 3 aromatic carbocycles. The van der Waals surface area contributed by atoms with Crippen LogP contribution in [0.3, 0.4) is 0 Å². The molecule has 0 N–H and O–H groups in total. The lowest BCUT2D eigenvalue weighted by atomic mass is 10.00. The molecule has 1 aromatic heterocycles. The number of fused-ring (bicyclic) bond motifs is 1. The predicted molar refractivity (Wildman–Crippen MR) is 145 cm³/mol. The average Bonchev–Trinajstić information content (AvgIpc) is 2.88. The third-order valence-electron chi connectivity index (χ3n) is 6.41. The van der Waals surface area contributed by atoms with Crippen LogP contribution in [-0.2, 0) is 10.0 Å². The molecule has 4 aromatic rings. The molecular formula is C27H25Cl2N3O3S. The topological polar surface area (TPSA) is 70.6 Å². The minimum Gasteiger partial charge on any atom is -0.336 e. The van der Waals surface area contributed by atoms with Gasteiger partial charge < -0.3 is 4.90 Å². The molecular weight excluding hydrogens is 517 g/mol. The predicted octanol–water partition coefficient (Wildman–Crippen LogP) is 5.43. The van der Waals surface area contributed by atoms with E-state index in [0.717, 1.165) is 27.5 Å². The molecule has 9 heteroatoms. The third-order valence-corrected chi connectivity index (χ3v) is 8.54. The summed E-state index contributed by atoms with van der Waals surface area (Å²) in [7, 11) is -3.66. The molecule has 2 heterocycles. The highest BCUT2D eigenvalue weighted by molar-refractivity contribution is 7.89. The first-order valence-corrected chi connectivity index (χ1v) is 13.1. The van der Waals surface area contributed by atoms with Gasteiger partial charge in [-0.3, -0.25) is 9.78 Å². The molecule has 1 amide bonds. The smallest absolute Gasteiger partial charge is 0.254 e. The van der Waals surface area contributed by atoms with E-state index >= 15 is 0 Å². The van der Waals surface area contributed by atoms with E-state index in [1.807, 2.05) is 49.4 Å². The number of nitrogens with zero attached hydrogens (tertiary/aromatic N) is 3. The molecule has 0 aliphatic carbocycles. The summed E-state index contributed by atoms with van der Waals surface area (Å²) in [5.41, 5.74) is 3.58. The first kappa shape index (κ1) is 26.1. The van der Waals surface area contributed by atoms with E-state index in [2.05, 4.69) is 4.98 Å². The van der Waals surface area contributed by atoms with Crippen molar-refractivity contribution in [2.45, 2.75) is 11.8 Å². The summed E-state index contributed by atoms with van der Waals surface area (Å²) in [4.78, 5) is 19.2. The summed E-state index contributed by atoms with van der Waals surface area (Å²) >= 11 is 6.04. The largest absolute Gasteiger partial charge is 0.336 e. The molecule has 5 rings (SSSR count). The molecule has 1 saturated heterocycles. The Bertz CT molecular complexity index is 1520. The lowest BCUT2D eigenvalue weighted by Crippen LogP contribution is -2.50. The highest BCUT2D eigenvalue weighted by Gasteiger charge is 2.31. The van der Waals surface area contributed by atoms with Crippen LogP contribution in [0, 0.1) is 6.92 Å². The lowest BCUT2D eigenvalue weighted by molar-refractivity contribution is 0.0697. The van der Waals surface area contributed by atoms with Crippen molar-refractivity contribution in [2.75, 3.05) is 26.2 Å². The molecule has 0 bridgehead atoms. The van der Waals surface area contributed by atoms with Crippen LogP contribution < -0.4 is 0 Å². The number of carbonyl (C=O) groups is 1. The van der Waals surface area contributed by atoms with Crippen molar-refractivity contribution in [1.29, 1.82) is 0 Å². The van der Waals surface area contributed by atoms with Crippen molar-refractivity contribution in [1.82, 2.24) is 14.2 Å². The zero-order valence-corrected chi connectivity index (χ0v) is 22.0. The number of halogens is 2. The van der Waals surface area contributed by atoms with Crippen LogP contribution in [0.15, 0.2) is 84.0 Å². The minimum absolute atomic E-state index is 0. The molecule has 6 nitrogen and oxygen atoms in total. The van der Waals surface area contributed by atoms with Crippen LogP contribution in [0.5, 0.6) is 0 Å². The number of pyridine rings is 1. The van der Waals surface area contributed by atoms with Crippen molar-refractivity contribution in [2.24, 2.45) is 0 Å². The number of hydrogen-bond donors (Lipinski definition) is 0. The fraction of sp³-hybridized carbons (Fsp3) is 0.185. The molecule has 0 saturated carbocycles. The summed E-state index contributed by atoms with van der Waals surface area (Å²) in [6.07, 6.45) is 3.48. The number of aryl methyl sites for hydroxylation is 1. The van der Waals surface area contributed by atoms with Crippen LogP contribution in [0.25, 0.3) is 21.9 Å². The van der Waals surface area contributed by atoms with Crippen molar-refractivity contribution < 1.29 is 13.2 Å². The van der Waals surface area contributed by atoms with Crippen LogP contribution >= 0.6 is 24.0 Å². The molecule has 1 aliphatic heterocycles. The molecule has 0 unspecified atom stereocenters. The molecule has 36 heavy (non-hydrogen) atoms. The number of aromatic nitrogens is 1. The lowest BCUT2D eigenvalue weighted by Gasteiger charge is -2.34. The molecule has 0 spiro atoms. The fourth-order valence-electron chi connectivity index (χ4n) is 4.43. The third kappa shape index (κ3) is 5.11. The van der Waals surface area contributed by atoms with Gasteiger partial charge in [-0.15, -0.1) is 12.4 Å². The second-order valence-electron chi connectivity index (χ2n) is 8.62. The number of sulfonamides is 1. The van der Waals surface area contributed by atoms with E-state index in [1.54, 1.807) is 41.6 Å². The van der Waals surface area contributed by atoms with Crippen molar-refractivity contribution in [3.8, 4) is 11.1 Å². The fourth-order valence-corrected chi connectivity index (χ4v) is 6.07.